The molecule has 0 bridgehead atoms. The molecule has 2 atom stereocenters. The van der Waals surface area contributed by atoms with Gasteiger partial charge in [-0.2, -0.15) is 0 Å². The molecule has 1 amide bonds. The summed E-state index contributed by atoms with van der Waals surface area (Å²) in [5.74, 6) is -0.594. The van der Waals surface area contributed by atoms with Crippen LogP contribution >= 0.6 is 0 Å². The third-order valence-corrected chi connectivity index (χ3v) is 3.74. The zero-order chi connectivity index (χ0) is 13.7. The van der Waals surface area contributed by atoms with Crippen molar-refractivity contribution in [1.29, 1.82) is 0 Å². The van der Waals surface area contributed by atoms with Gasteiger partial charge in [-0.25, -0.2) is 0 Å². The summed E-state index contributed by atoms with van der Waals surface area (Å²) in [6.45, 7) is 3.53. The number of piperidine rings is 1. The molecule has 2 saturated heterocycles. The topological polar surface area (TPSA) is 78.9 Å². The summed E-state index contributed by atoms with van der Waals surface area (Å²) in [5.41, 5.74) is 0. The lowest BCUT2D eigenvalue weighted by Crippen LogP contribution is -2.45. The van der Waals surface area contributed by atoms with E-state index in [1.807, 2.05) is 0 Å². The number of nitrogens with zero attached hydrogens (tertiary/aromatic N) is 1. The first kappa shape index (κ1) is 14.3. The van der Waals surface area contributed by atoms with Crippen molar-refractivity contribution in [3.8, 4) is 0 Å². The number of carbonyl (C=O) groups is 2. The number of carboxylic acid groups (broad SMARTS) is 1. The highest BCUT2D eigenvalue weighted by atomic mass is 16.5. The van der Waals surface area contributed by atoms with Crippen molar-refractivity contribution in [1.82, 2.24) is 10.2 Å². The molecule has 2 N–H and O–H groups in total. The van der Waals surface area contributed by atoms with Gasteiger partial charge in [0.2, 0.25) is 5.91 Å². The minimum Gasteiger partial charge on any atom is -0.481 e. The number of hydrogen-bond donors (Lipinski definition) is 2. The van der Waals surface area contributed by atoms with Crippen LogP contribution in [0.25, 0.3) is 0 Å². The molecule has 0 aliphatic carbocycles. The van der Waals surface area contributed by atoms with E-state index in [-0.39, 0.29) is 24.3 Å². The molecule has 2 aliphatic heterocycles. The molecule has 0 saturated carbocycles. The maximum Gasteiger partial charge on any atom is 0.303 e. The van der Waals surface area contributed by atoms with Crippen molar-refractivity contribution in [2.24, 2.45) is 5.92 Å². The smallest absolute Gasteiger partial charge is 0.303 e. The van der Waals surface area contributed by atoms with Gasteiger partial charge in [-0.05, 0) is 18.8 Å². The Hall–Kier alpha value is -1.14. The van der Waals surface area contributed by atoms with Gasteiger partial charge >= 0.3 is 5.97 Å². The number of nitrogens with one attached hydrogen (secondary N) is 1. The minimum atomic E-state index is -0.779. The number of hydrogen-bond acceptors (Lipinski definition) is 4. The molecule has 2 aliphatic rings. The normalized spacial score (nSPS) is 28.1. The molecule has 0 aromatic rings. The van der Waals surface area contributed by atoms with Gasteiger partial charge in [0.15, 0.2) is 0 Å². The first-order chi connectivity index (χ1) is 9.15. The molecular formula is C13H22N2O4. The van der Waals surface area contributed by atoms with E-state index in [4.69, 9.17) is 9.84 Å². The maximum atomic E-state index is 12.2. The van der Waals surface area contributed by atoms with Gasteiger partial charge in [-0.1, -0.05) is 0 Å². The van der Waals surface area contributed by atoms with Crippen LogP contribution in [0.5, 0.6) is 0 Å². The van der Waals surface area contributed by atoms with E-state index < -0.39 is 5.97 Å². The van der Waals surface area contributed by atoms with Crippen LogP contribution in [-0.2, 0) is 14.3 Å². The Balaban J connectivity index is 1.79. The predicted octanol–water partition coefficient (Wildman–Crippen LogP) is 0.0782. The molecule has 0 aromatic carbocycles. The van der Waals surface area contributed by atoms with E-state index in [9.17, 15) is 9.59 Å². The highest BCUT2D eigenvalue weighted by Crippen LogP contribution is 2.20. The van der Waals surface area contributed by atoms with E-state index in [1.165, 1.54) is 0 Å². The van der Waals surface area contributed by atoms with Crippen LogP contribution in [0.3, 0.4) is 0 Å². The zero-order valence-electron chi connectivity index (χ0n) is 11.1. The van der Waals surface area contributed by atoms with E-state index in [0.717, 1.165) is 32.5 Å². The molecule has 6 heteroatoms. The molecule has 6 nitrogen and oxygen atoms in total. The average Bonchev–Trinajstić information content (AvgIpc) is 2.39. The number of rotatable bonds is 4. The summed E-state index contributed by atoms with van der Waals surface area (Å²) < 4.78 is 5.53. The second-order valence-corrected chi connectivity index (χ2v) is 5.35. The molecule has 2 rings (SSSR count). The number of ether oxygens (including phenoxy) is 1. The lowest BCUT2D eigenvalue weighted by Gasteiger charge is -2.33. The standard InChI is InChI=1S/C13H22N2O4/c16-12(7-11-8-14-3-5-19-11)15-4-1-2-10(9-15)6-13(17)18/h10-11,14H,1-9H2,(H,17,18). The fourth-order valence-electron chi connectivity index (χ4n) is 2.78. The van der Waals surface area contributed by atoms with Gasteiger partial charge < -0.3 is 20.1 Å². The Morgan fingerprint density at radius 2 is 2.21 bits per heavy atom. The zero-order valence-corrected chi connectivity index (χ0v) is 11.1. The quantitative estimate of drug-likeness (QED) is 0.756. The summed E-state index contributed by atoms with van der Waals surface area (Å²) >= 11 is 0. The molecule has 0 aromatic heterocycles. The van der Waals surface area contributed by atoms with E-state index >= 15 is 0 Å². The van der Waals surface area contributed by atoms with Crippen LogP contribution in [-0.4, -0.2) is 60.8 Å². The summed E-state index contributed by atoms with van der Waals surface area (Å²) in [5, 5.41) is 12.0. The monoisotopic (exact) mass is 270 g/mol. The third-order valence-electron chi connectivity index (χ3n) is 3.74. The number of carbonyl (C=O) groups excluding carboxylic acids is 1. The van der Waals surface area contributed by atoms with Crippen LogP contribution < -0.4 is 5.32 Å². The molecule has 0 radical (unpaired) electrons. The first-order valence-electron chi connectivity index (χ1n) is 6.97. The molecular weight excluding hydrogens is 248 g/mol. The van der Waals surface area contributed by atoms with Crippen LogP contribution in [0.2, 0.25) is 0 Å². The number of carboxylic acids is 1. The fraction of sp³-hybridized carbons (Fsp3) is 0.846. The van der Waals surface area contributed by atoms with Crippen molar-refractivity contribution in [2.45, 2.75) is 31.8 Å². The Morgan fingerprint density at radius 3 is 2.89 bits per heavy atom. The first-order valence-corrected chi connectivity index (χ1v) is 6.97. The molecule has 2 heterocycles. The number of aliphatic carboxylic acids is 1. The fourth-order valence-corrected chi connectivity index (χ4v) is 2.78. The maximum absolute atomic E-state index is 12.2. The van der Waals surface area contributed by atoms with Gasteiger partial charge in [-0.15, -0.1) is 0 Å². The summed E-state index contributed by atoms with van der Waals surface area (Å²) in [6, 6.07) is 0. The second-order valence-electron chi connectivity index (χ2n) is 5.35. The van der Waals surface area contributed by atoms with Gasteiger partial charge in [0.25, 0.3) is 0 Å². The summed E-state index contributed by atoms with van der Waals surface area (Å²) in [7, 11) is 0. The Morgan fingerprint density at radius 1 is 1.37 bits per heavy atom. The molecule has 2 fully saturated rings. The molecule has 2 unspecified atom stereocenters. The second kappa shape index (κ2) is 6.86. The number of likely N-dealkylation sites (tertiary alicyclic amines) is 1. The summed E-state index contributed by atoms with van der Waals surface area (Å²) in [4.78, 5) is 24.7. The van der Waals surface area contributed by atoms with Crippen molar-refractivity contribution in [2.75, 3.05) is 32.8 Å². The summed E-state index contributed by atoms with van der Waals surface area (Å²) in [6.07, 6.45) is 2.31. The van der Waals surface area contributed by atoms with E-state index in [0.29, 0.717) is 19.6 Å². The van der Waals surface area contributed by atoms with Gasteiger partial charge in [0.05, 0.1) is 19.1 Å². The van der Waals surface area contributed by atoms with Gasteiger partial charge in [0, 0.05) is 32.6 Å². The van der Waals surface area contributed by atoms with Crippen LogP contribution in [0, 0.1) is 5.92 Å². The lowest BCUT2D eigenvalue weighted by molar-refractivity contribution is -0.141. The number of morpholine rings is 1. The van der Waals surface area contributed by atoms with E-state index in [2.05, 4.69) is 5.32 Å². The van der Waals surface area contributed by atoms with Crippen molar-refractivity contribution in [3.63, 3.8) is 0 Å². The molecule has 108 valence electrons. The van der Waals surface area contributed by atoms with Crippen molar-refractivity contribution >= 4 is 11.9 Å². The predicted molar refractivity (Wildman–Crippen MR) is 68.8 cm³/mol. The highest BCUT2D eigenvalue weighted by Gasteiger charge is 2.27. The lowest BCUT2D eigenvalue weighted by atomic mass is 9.94. The Labute approximate surface area is 113 Å². The van der Waals surface area contributed by atoms with Gasteiger partial charge in [-0.3, -0.25) is 9.59 Å². The number of amides is 1. The minimum absolute atomic E-state index is 0.0406. The molecule has 19 heavy (non-hydrogen) atoms. The van der Waals surface area contributed by atoms with Gasteiger partial charge in [0.1, 0.15) is 0 Å². The van der Waals surface area contributed by atoms with Crippen molar-refractivity contribution < 1.29 is 19.4 Å². The Kier molecular flexibility index (Phi) is 5.15. The molecule has 0 spiro atoms. The highest BCUT2D eigenvalue weighted by molar-refractivity contribution is 5.77. The van der Waals surface area contributed by atoms with Crippen LogP contribution in [0.4, 0.5) is 0 Å². The SMILES string of the molecule is O=C(O)CC1CCCN(C(=O)CC2CNCCO2)C1. The van der Waals surface area contributed by atoms with Crippen molar-refractivity contribution in [3.05, 3.63) is 0 Å². The van der Waals surface area contributed by atoms with Crippen LogP contribution in [0.1, 0.15) is 25.7 Å². The largest absolute Gasteiger partial charge is 0.481 e. The Bertz CT molecular complexity index is 329. The average molecular weight is 270 g/mol. The van der Waals surface area contributed by atoms with E-state index in [1.54, 1.807) is 4.90 Å². The van der Waals surface area contributed by atoms with Crippen LogP contribution in [0.15, 0.2) is 0 Å². The third kappa shape index (κ3) is 4.47.